The lowest BCUT2D eigenvalue weighted by molar-refractivity contribution is -0.836. The fraction of sp³-hybridized carbons (Fsp3) is 0.727. The highest BCUT2D eigenvalue weighted by Crippen LogP contribution is 2.12. The Bertz CT molecular complexity index is 171. The minimum absolute atomic E-state index is 0. The molecular weight excluding hydrogens is 214 g/mol. The van der Waals surface area contributed by atoms with Gasteiger partial charge in [-0.05, 0) is 5.41 Å². The summed E-state index contributed by atoms with van der Waals surface area (Å²) in [5.41, 5.74) is 0.0403. The van der Waals surface area contributed by atoms with E-state index < -0.39 is 0 Å². The van der Waals surface area contributed by atoms with Crippen LogP contribution in [0.5, 0.6) is 0 Å². The van der Waals surface area contributed by atoms with Crippen LogP contribution in [0.3, 0.4) is 0 Å². The SMILES string of the molecule is C=CC(=O)OCC(C)(C)C.C[NH+](C)C.[Cl-]. The fourth-order valence-corrected chi connectivity index (χ4v) is 0.347. The summed E-state index contributed by atoms with van der Waals surface area (Å²) in [4.78, 5) is 11.9. The highest BCUT2D eigenvalue weighted by Gasteiger charge is 2.11. The van der Waals surface area contributed by atoms with Crippen molar-refractivity contribution in [3.05, 3.63) is 12.7 Å². The number of halogens is 1. The molecule has 0 spiro atoms. The van der Waals surface area contributed by atoms with Crippen LogP contribution in [0.15, 0.2) is 12.7 Å². The normalized spacial score (nSPS) is 9.53. The predicted molar refractivity (Wildman–Crippen MR) is 59.3 cm³/mol. The van der Waals surface area contributed by atoms with E-state index in [1.54, 1.807) is 0 Å². The fourth-order valence-electron chi connectivity index (χ4n) is 0.347. The van der Waals surface area contributed by atoms with E-state index in [-0.39, 0.29) is 23.8 Å². The Kier molecular flexibility index (Phi) is 13.3. The van der Waals surface area contributed by atoms with Crippen LogP contribution in [-0.4, -0.2) is 33.7 Å². The molecule has 0 radical (unpaired) electrons. The van der Waals surface area contributed by atoms with Gasteiger partial charge in [0.05, 0.1) is 27.7 Å². The third kappa shape index (κ3) is 31.8. The summed E-state index contributed by atoms with van der Waals surface area (Å²) >= 11 is 0. The van der Waals surface area contributed by atoms with Crippen molar-refractivity contribution >= 4 is 5.97 Å². The van der Waals surface area contributed by atoms with Gasteiger partial charge in [-0.1, -0.05) is 27.4 Å². The van der Waals surface area contributed by atoms with E-state index in [0.717, 1.165) is 0 Å². The van der Waals surface area contributed by atoms with Gasteiger partial charge in [0.1, 0.15) is 0 Å². The molecule has 0 aliphatic rings. The molecule has 15 heavy (non-hydrogen) atoms. The average molecular weight is 238 g/mol. The van der Waals surface area contributed by atoms with Gasteiger partial charge < -0.3 is 22.0 Å². The van der Waals surface area contributed by atoms with Gasteiger partial charge in [0.15, 0.2) is 0 Å². The quantitative estimate of drug-likeness (QED) is 0.426. The molecule has 1 N–H and O–H groups in total. The molecule has 0 aromatic rings. The van der Waals surface area contributed by atoms with Crippen molar-refractivity contribution in [2.45, 2.75) is 20.8 Å². The van der Waals surface area contributed by atoms with Crippen molar-refractivity contribution in [1.82, 2.24) is 0 Å². The molecule has 0 atom stereocenters. The first-order valence-electron chi connectivity index (χ1n) is 4.75. The van der Waals surface area contributed by atoms with Gasteiger partial charge in [-0.3, -0.25) is 0 Å². The van der Waals surface area contributed by atoms with Gasteiger partial charge in [-0.2, -0.15) is 0 Å². The third-order valence-electron chi connectivity index (χ3n) is 0.814. The second-order valence-corrected chi connectivity index (χ2v) is 4.87. The van der Waals surface area contributed by atoms with Gasteiger partial charge in [-0.15, -0.1) is 0 Å². The maximum atomic E-state index is 10.5. The molecule has 0 heterocycles. The molecule has 4 heteroatoms. The summed E-state index contributed by atoms with van der Waals surface area (Å²) in [5.74, 6) is -0.352. The van der Waals surface area contributed by atoms with E-state index in [2.05, 4.69) is 27.7 Å². The van der Waals surface area contributed by atoms with E-state index in [1.165, 1.54) is 11.0 Å². The number of ether oxygens (including phenoxy) is 1. The number of esters is 1. The standard InChI is InChI=1S/C8H14O2.C3H9N.ClH/c1-5-7(9)10-6-8(2,3)4;1-4(2)3;/h5H,1,6H2,2-4H3;1-3H3;1H. The first kappa shape index (κ1) is 19.9. The van der Waals surface area contributed by atoms with Crippen molar-refractivity contribution in [2.75, 3.05) is 27.7 Å². The topological polar surface area (TPSA) is 30.7 Å². The van der Waals surface area contributed by atoms with Crippen LogP contribution in [0.1, 0.15) is 20.8 Å². The van der Waals surface area contributed by atoms with Crippen LogP contribution in [0.2, 0.25) is 0 Å². The van der Waals surface area contributed by atoms with Gasteiger partial charge in [0.2, 0.25) is 0 Å². The van der Waals surface area contributed by atoms with Crippen molar-refractivity contribution < 1.29 is 26.8 Å². The maximum absolute atomic E-state index is 10.5. The number of rotatable bonds is 2. The largest absolute Gasteiger partial charge is 1.00 e. The van der Waals surface area contributed by atoms with E-state index in [0.29, 0.717) is 6.61 Å². The number of hydrogen-bond acceptors (Lipinski definition) is 2. The van der Waals surface area contributed by atoms with Crippen molar-refractivity contribution in [2.24, 2.45) is 5.41 Å². The predicted octanol–water partition coefficient (Wildman–Crippen LogP) is -2.47. The van der Waals surface area contributed by atoms with Crippen LogP contribution < -0.4 is 17.3 Å². The zero-order chi connectivity index (χ0) is 11.8. The summed E-state index contributed by atoms with van der Waals surface area (Å²) in [6.45, 7) is 9.74. The van der Waals surface area contributed by atoms with Crippen LogP contribution in [0, 0.1) is 5.41 Å². The van der Waals surface area contributed by atoms with Crippen molar-refractivity contribution in [3.8, 4) is 0 Å². The first-order valence-corrected chi connectivity index (χ1v) is 4.75. The van der Waals surface area contributed by atoms with Crippen LogP contribution in [0.25, 0.3) is 0 Å². The highest BCUT2D eigenvalue weighted by atomic mass is 35.5. The summed E-state index contributed by atoms with van der Waals surface area (Å²) in [7, 11) is 6.25. The molecule has 0 amide bonds. The van der Waals surface area contributed by atoms with Crippen LogP contribution in [0.4, 0.5) is 0 Å². The Morgan fingerprint density at radius 1 is 1.33 bits per heavy atom. The zero-order valence-electron chi connectivity index (χ0n) is 10.7. The molecule has 0 rings (SSSR count). The molecule has 0 saturated carbocycles. The van der Waals surface area contributed by atoms with E-state index >= 15 is 0 Å². The molecule has 0 aliphatic heterocycles. The molecule has 0 unspecified atom stereocenters. The Labute approximate surface area is 99.9 Å². The van der Waals surface area contributed by atoms with Gasteiger partial charge in [-0.25, -0.2) is 4.79 Å². The molecule has 0 bridgehead atoms. The lowest BCUT2D eigenvalue weighted by Gasteiger charge is -2.16. The minimum atomic E-state index is -0.352. The monoisotopic (exact) mass is 237 g/mol. The molecule has 0 aromatic carbocycles. The van der Waals surface area contributed by atoms with E-state index in [4.69, 9.17) is 4.74 Å². The second-order valence-electron chi connectivity index (χ2n) is 4.87. The number of carbonyl (C=O) groups excluding carboxylic acids is 1. The summed E-state index contributed by atoms with van der Waals surface area (Å²) in [6.07, 6.45) is 1.17. The van der Waals surface area contributed by atoms with E-state index in [1.807, 2.05) is 20.8 Å². The third-order valence-corrected chi connectivity index (χ3v) is 0.814. The Balaban J connectivity index is -0.000000249. The number of nitrogens with one attached hydrogen (secondary N) is 1. The van der Waals surface area contributed by atoms with Gasteiger partial charge in [0.25, 0.3) is 0 Å². The lowest BCUT2D eigenvalue weighted by Crippen LogP contribution is -3.02. The number of carbonyl (C=O) groups is 1. The van der Waals surface area contributed by atoms with Gasteiger partial charge in [0, 0.05) is 6.08 Å². The number of quaternary nitrogens is 1. The summed E-state index contributed by atoms with van der Waals surface area (Å²) in [5, 5.41) is 0. The van der Waals surface area contributed by atoms with Crippen molar-refractivity contribution in [1.29, 1.82) is 0 Å². The van der Waals surface area contributed by atoms with Gasteiger partial charge >= 0.3 is 5.97 Å². The molecule has 3 nitrogen and oxygen atoms in total. The molecule has 92 valence electrons. The van der Waals surface area contributed by atoms with Crippen molar-refractivity contribution in [3.63, 3.8) is 0 Å². The second kappa shape index (κ2) is 9.99. The van der Waals surface area contributed by atoms with Crippen LogP contribution in [-0.2, 0) is 9.53 Å². The van der Waals surface area contributed by atoms with E-state index in [9.17, 15) is 4.79 Å². The Morgan fingerprint density at radius 2 is 1.67 bits per heavy atom. The molecule has 0 saturated heterocycles. The number of hydrogen-bond donors (Lipinski definition) is 1. The molecule has 0 aromatic heterocycles. The maximum Gasteiger partial charge on any atom is 0.330 e. The molecule has 0 aliphatic carbocycles. The van der Waals surface area contributed by atoms with Crippen LogP contribution >= 0.6 is 0 Å². The summed E-state index contributed by atoms with van der Waals surface area (Å²) in [6, 6.07) is 0. The minimum Gasteiger partial charge on any atom is -1.00 e. The molecule has 0 fully saturated rings. The smallest absolute Gasteiger partial charge is 0.330 e. The average Bonchev–Trinajstić information content (AvgIpc) is 1.97. The zero-order valence-corrected chi connectivity index (χ0v) is 11.4. The molecular formula is C11H24ClNO2. The highest BCUT2D eigenvalue weighted by molar-refractivity contribution is 5.81. The lowest BCUT2D eigenvalue weighted by atomic mass is 9.99. The first-order chi connectivity index (χ1) is 6.19. The summed E-state index contributed by atoms with van der Waals surface area (Å²) < 4.78 is 4.80. The Hall–Kier alpha value is -0.540. The Morgan fingerprint density at radius 3 is 1.87 bits per heavy atom.